The second kappa shape index (κ2) is 2.55. The molecule has 0 unspecified atom stereocenters. The van der Waals surface area contributed by atoms with Crippen molar-refractivity contribution in [3.8, 4) is 0 Å². The fourth-order valence-corrected chi connectivity index (χ4v) is 1.33. The molecular formula is C6H9F2IO. The molecule has 1 atom stereocenters. The maximum atomic E-state index is 12.7. The molecule has 0 bridgehead atoms. The van der Waals surface area contributed by atoms with Crippen LogP contribution in [-0.2, 0) is 4.74 Å². The van der Waals surface area contributed by atoms with Gasteiger partial charge in [-0.2, -0.15) is 0 Å². The second-order valence-electron chi connectivity index (χ2n) is 2.66. The number of hydrogen-bond donors (Lipinski definition) is 0. The van der Waals surface area contributed by atoms with E-state index in [1.165, 1.54) is 0 Å². The Kier molecular flexibility index (Phi) is 2.20. The molecule has 10 heavy (non-hydrogen) atoms. The van der Waals surface area contributed by atoms with Crippen LogP contribution >= 0.6 is 22.6 Å². The van der Waals surface area contributed by atoms with Gasteiger partial charge in [0.05, 0.1) is 6.61 Å². The summed E-state index contributed by atoms with van der Waals surface area (Å²) in [5, 5.41) is 0. The summed E-state index contributed by atoms with van der Waals surface area (Å²) in [6.45, 7) is 1.59. The molecule has 1 saturated heterocycles. The summed E-state index contributed by atoms with van der Waals surface area (Å²) in [6, 6.07) is 0. The zero-order chi connectivity index (χ0) is 7.83. The minimum atomic E-state index is -2.62. The van der Waals surface area contributed by atoms with Crippen molar-refractivity contribution in [3.05, 3.63) is 0 Å². The van der Waals surface area contributed by atoms with Crippen LogP contribution in [0.4, 0.5) is 8.78 Å². The van der Waals surface area contributed by atoms with Crippen LogP contribution < -0.4 is 0 Å². The smallest absolute Gasteiger partial charge is 0.262 e. The van der Waals surface area contributed by atoms with Crippen LogP contribution in [0.1, 0.15) is 13.3 Å². The number of alkyl halides is 3. The lowest BCUT2D eigenvalue weighted by Crippen LogP contribution is -2.40. The Morgan fingerprint density at radius 1 is 1.60 bits per heavy atom. The molecule has 0 N–H and O–H groups in total. The molecule has 0 amide bonds. The van der Waals surface area contributed by atoms with Gasteiger partial charge in [-0.3, -0.25) is 0 Å². The van der Waals surface area contributed by atoms with Crippen LogP contribution in [-0.4, -0.2) is 22.6 Å². The van der Waals surface area contributed by atoms with Gasteiger partial charge < -0.3 is 4.74 Å². The normalized spacial score (nSPS) is 34.8. The largest absolute Gasteiger partial charge is 0.380 e. The van der Waals surface area contributed by atoms with Gasteiger partial charge >= 0.3 is 0 Å². The van der Waals surface area contributed by atoms with Gasteiger partial charge in [-0.25, -0.2) is 8.78 Å². The molecular weight excluding hydrogens is 253 g/mol. The van der Waals surface area contributed by atoms with Crippen LogP contribution in [0, 0.1) is 0 Å². The van der Waals surface area contributed by atoms with Crippen molar-refractivity contribution in [1.82, 2.24) is 0 Å². The van der Waals surface area contributed by atoms with Crippen LogP contribution in [0.15, 0.2) is 0 Å². The molecule has 1 fully saturated rings. The highest BCUT2D eigenvalue weighted by atomic mass is 127. The van der Waals surface area contributed by atoms with E-state index in [4.69, 9.17) is 4.74 Å². The van der Waals surface area contributed by atoms with Crippen molar-refractivity contribution in [3.63, 3.8) is 0 Å². The predicted octanol–water partition coefficient (Wildman–Crippen LogP) is 2.24. The first kappa shape index (κ1) is 8.64. The standard InChI is InChI=1S/C6H9F2IO/c1-5(7,8)6(9)2-3-10-4-6/h2-4H2,1H3/t6-/m1/s1. The average Bonchev–Trinajstić information content (AvgIpc) is 2.13. The summed E-state index contributed by atoms with van der Waals surface area (Å²) >= 11 is 1.80. The number of hydrogen-bond acceptors (Lipinski definition) is 1. The quantitative estimate of drug-likeness (QED) is 0.520. The minimum Gasteiger partial charge on any atom is -0.380 e. The van der Waals surface area contributed by atoms with Gasteiger partial charge in [-0.15, -0.1) is 0 Å². The van der Waals surface area contributed by atoms with Crippen molar-refractivity contribution in [2.75, 3.05) is 13.2 Å². The predicted molar refractivity (Wildman–Crippen MR) is 42.8 cm³/mol. The summed E-state index contributed by atoms with van der Waals surface area (Å²) in [6.07, 6.45) is 0.455. The molecule has 0 saturated carbocycles. The molecule has 4 heteroatoms. The molecule has 1 aliphatic heterocycles. The van der Waals surface area contributed by atoms with E-state index < -0.39 is 9.34 Å². The lowest BCUT2D eigenvalue weighted by atomic mass is 10.0. The van der Waals surface area contributed by atoms with E-state index in [0.29, 0.717) is 13.0 Å². The number of halogens is 3. The maximum absolute atomic E-state index is 12.7. The number of rotatable bonds is 1. The molecule has 1 aliphatic rings. The van der Waals surface area contributed by atoms with Crippen molar-refractivity contribution < 1.29 is 13.5 Å². The Balaban J connectivity index is 2.67. The topological polar surface area (TPSA) is 9.23 Å². The van der Waals surface area contributed by atoms with E-state index in [1.807, 2.05) is 0 Å². The van der Waals surface area contributed by atoms with E-state index in [0.717, 1.165) is 6.92 Å². The lowest BCUT2D eigenvalue weighted by Gasteiger charge is -2.26. The molecule has 0 spiro atoms. The third-order valence-electron chi connectivity index (χ3n) is 1.76. The molecule has 0 aromatic carbocycles. The lowest BCUT2D eigenvalue weighted by molar-refractivity contribution is -0.0163. The Labute approximate surface area is 72.3 Å². The fraction of sp³-hybridized carbons (Fsp3) is 1.00. The van der Waals surface area contributed by atoms with Crippen LogP contribution in [0.5, 0.6) is 0 Å². The van der Waals surface area contributed by atoms with Gasteiger partial charge in [0, 0.05) is 13.5 Å². The summed E-state index contributed by atoms with van der Waals surface area (Å²) in [5.74, 6) is -2.62. The van der Waals surface area contributed by atoms with Gasteiger partial charge in [-0.05, 0) is 6.42 Å². The van der Waals surface area contributed by atoms with Gasteiger partial charge in [0.15, 0.2) is 0 Å². The first-order valence-corrected chi connectivity index (χ1v) is 4.18. The van der Waals surface area contributed by atoms with Crippen molar-refractivity contribution in [2.45, 2.75) is 22.7 Å². The van der Waals surface area contributed by atoms with Crippen molar-refractivity contribution >= 4 is 22.6 Å². The van der Waals surface area contributed by atoms with Gasteiger partial charge in [0.25, 0.3) is 5.92 Å². The Bertz CT molecular complexity index is 126. The van der Waals surface area contributed by atoms with Crippen molar-refractivity contribution in [2.24, 2.45) is 0 Å². The molecule has 60 valence electrons. The summed E-state index contributed by atoms with van der Waals surface area (Å²) < 4.78 is 29.4. The van der Waals surface area contributed by atoms with Gasteiger partial charge in [0.1, 0.15) is 3.42 Å². The van der Waals surface area contributed by atoms with E-state index in [9.17, 15) is 8.78 Å². The SMILES string of the molecule is CC(F)(F)[C@@]1(I)CCOC1. The molecule has 1 heterocycles. The molecule has 0 aromatic rings. The summed E-state index contributed by atoms with van der Waals surface area (Å²) in [5.41, 5.74) is 0. The van der Waals surface area contributed by atoms with Crippen LogP contribution in [0.3, 0.4) is 0 Å². The third kappa shape index (κ3) is 1.42. The number of ether oxygens (including phenoxy) is 1. The molecule has 1 nitrogen and oxygen atoms in total. The van der Waals surface area contributed by atoms with Crippen LogP contribution in [0.2, 0.25) is 0 Å². The highest BCUT2D eigenvalue weighted by Crippen LogP contribution is 2.42. The van der Waals surface area contributed by atoms with Gasteiger partial charge in [-0.1, -0.05) is 22.6 Å². The fourth-order valence-electron chi connectivity index (χ4n) is 0.886. The Morgan fingerprint density at radius 3 is 2.40 bits per heavy atom. The highest BCUT2D eigenvalue weighted by molar-refractivity contribution is 14.1. The second-order valence-corrected chi connectivity index (χ2v) is 4.72. The molecule has 1 rings (SSSR count). The Morgan fingerprint density at radius 2 is 2.20 bits per heavy atom. The van der Waals surface area contributed by atoms with E-state index >= 15 is 0 Å². The van der Waals surface area contributed by atoms with Crippen LogP contribution in [0.25, 0.3) is 0 Å². The van der Waals surface area contributed by atoms with Gasteiger partial charge in [0.2, 0.25) is 0 Å². The van der Waals surface area contributed by atoms with E-state index in [-0.39, 0.29) is 6.61 Å². The first-order chi connectivity index (χ1) is 4.46. The first-order valence-electron chi connectivity index (χ1n) is 3.10. The highest BCUT2D eigenvalue weighted by Gasteiger charge is 2.50. The molecule has 0 aliphatic carbocycles. The monoisotopic (exact) mass is 262 g/mol. The van der Waals surface area contributed by atoms with E-state index in [1.54, 1.807) is 22.6 Å². The zero-order valence-electron chi connectivity index (χ0n) is 5.66. The van der Waals surface area contributed by atoms with Crippen molar-refractivity contribution in [1.29, 1.82) is 0 Å². The summed E-state index contributed by atoms with van der Waals surface area (Å²) in [4.78, 5) is 0. The molecule has 0 aromatic heterocycles. The Hall–Kier alpha value is 0.550. The molecule has 0 radical (unpaired) electrons. The minimum absolute atomic E-state index is 0.178. The van der Waals surface area contributed by atoms with E-state index in [2.05, 4.69) is 0 Å². The zero-order valence-corrected chi connectivity index (χ0v) is 7.82. The maximum Gasteiger partial charge on any atom is 0.262 e. The summed E-state index contributed by atoms with van der Waals surface area (Å²) in [7, 11) is 0. The third-order valence-corrected chi connectivity index (χ3v) is 3.56. The average molecular weight is 262 g/mol.